The first-order valence-electron chi connectivity index (χ1n) is 4.19. The maximum atomic E-state index is 10.2. The lowest BCUT2D eigenvalue weighted by Crippen LogP contribution is -2.05. The Balaban J connectivity index is 0. The van der Waals surface area contributed by atoms with Crippen LogP contribution >= 0.6 is 0 Å². The molecule has 82 valence electrons. The summed E-state index contributed by atoms with van der Waals surface area (Å²) in [7, 11) is 0. The molecule has 0 bridgehead atoms. The fraction of sp³-hybridized carbons (Fsp3) is 0.667. The molecule has 0 aromatic rings. The van der Waals surface area contributed by atoms with E-state index >= 15 is 0 Å². The van der Waals surface area contributed by atoms with Crippen molar-refractivity contribution in [3.05, 3.63) is 0 Å². The molecule has 0 aliphatic rings. The number of rotatable bonds is 2. The van der Waals surface area contributed by atoms with Crippen LogP contribution in [0.25, 0.3) is 0 Å². The van der Waals surface area contributed by atoms with E-state index in [-0.39, 0.29) is 13.2 Å². The van der Waals surface area contributed by atoms with Crippen LogP contribution in [0.4, 0.5) is 4.79 Å². The highest BCUT2D eigenvalue weighted by molar-refractivity contribution is 5.59. The lowest BCUT2D eigenvalue weighted by molar-refractivity contribution is 0.0630. The van der Waals surface area contributed by atoms with Gasteiger partial charge in [0.1, 0.15) is 13.2 Å². The van der Waals surface area contributed by atoms with E-state index in [9.17, 15) is 4.79 Å². The van der Waals surface area contributed by atoms with Gasteiger partial charge in [-0.15, -0.1) is 0 Å². The number of carbonyl (C=O) groups is 1. The summed E-state index contributed by atoms with van der Waals surface area (Å²) in [5, 5.41) is 15.8. The third kappa shape index (κ3) is 17.0. The standard InChI is InChI=1S/C5H10O3.C4H6O2/c1-3-7-5(6)8-4-2;5-3-1-2-4-6/h3-4H2,1-2H3;5-6H,3-4H2. The number of hydrogen-bond acceptors (Lipinski definition) is 5. The van der Waals surface area contributed by atoms with E-state index in [0.29, 0.717) is 13.2 Å². The molecule has 0 atom stereocenters. The second kappa shape index (κ2) is 14.3. The van der Waals surface area contributed by atoms with Crippen LogP contribution in [0.1, 0.15) is 13.8 Å². The molecule has 0 unspecified atom stereocenters. The first kappa shape index (κ1) is 15.2. The highest BCUT2D eigenvalue weighted by atomic mass is 16.7. The van der Waals surface area contributed by atoms with Crippen LogP contribution in [-0.2, 0) is 9.47 Å². The Morgan fingerprint density at radius 1 is 1.07 bits per heavy atom. The largest absolute Gasteiger partial charge is 0.508 e. The van der Waals surface area contributed by atoms with Crippen LogP contribution in [0.2, 0.25) is 0 Å². The number of ether oxygens (including phenoxy) is 2. The molecule has 2 N–H and O–H groups in total. The molecule has 0 fully saturated rings. The van der Waals surface area contributed by atoms with Gasteiger partial charge in [0, 0.05) is 0 Å². The molecular weight excluding hydrogens is 188 g/mol. The molecule has 0 heterocycles. The van der Waals surface area contributed by atoms with Gasteiger partial charge in [-0.25, -0.2) is 4.79 Å². The zero-order valence-electron chi connectivity index (χ0n) is 8.45. The summed E-state index contributed by atoms with van der Waals surface area (Å²) in [6.45, 7) is 3.88. The zero-order chi connectivity index (χ0) is 11.2. The molecule has 14 heavy (non-hydrogen) atoms. The molecule has 0 amide bonds. The number of hydrogen-bond donors (Lipinski definition) is 2. The van der Waals surface area contributed by atoms with E-state index in [4.69, 9.17) is 10.2 Å². The summed E-state index contributed by atoms with van der Waals surface area (Å²) in [4.78, 5) is 10.2. The van der Waals surface area contributed by atoms with Gasteiger partial charge in [0.15, 0.2) is 0 Å². The van der Waals surface area contributed by atoms with E-state index in [1.165, 1.54) is 0 Å². The molecule has 0 aliphatic carbocycles. The van der Waals surface area contributed by atoms with Crippen LogP contribution in [0, 0.1) is 11.8 Å². The second-order valence-electron chi connectivity index (χ2n) is 1.79. The number of aliphatic hydroxyl groups excluding tert-OH is 2. The van der Waals surface area contributed by atoms with Gasteiger partial charge in [0.05, 0.1) is 13.2 Å². The molecule has 0 aromatic heterocycles. The molecule has 5 nitrogen and oxygen atoms in total. The summed E-state index contributed by atoms with van der Waals surface area (Å²) < 4.78 is 8.84. The van der Waals surface area contributed by atoms with Crippen molar-refractivity contribution in [2.45, 2.75) is 13.8 Å². The monoisotopic (exact) mass is 204 g/mol. The molecule has 0 saturated carbocycles. The topological polar surface area (TPSA) is 76.0 Å². The lowest BCUT2D eigenvalue weighted by atomic mass is 10.6. The van der Waals surface area contributed by atoms with Crippen molar-refractivity contribution in [1.82, 2.24) is 0 Å². The molecule has 0 aromatic carbocycles. The third-order valence-electron chi connectivity index (χ3n) is 0.807. The highest BCUT2D eigenvalue weighted by Gasteiger charge is 1.96. The normalized spacial score (nSPS) is 7.43. The first-order valence-corrected chi connectivity index (χ1v) is 4.19. The molecule has 0 aliphatic heterocycles. The minimum atomic E-state index is -0.588. The maximum Gasteiger partial charge on any atom is 0.508 e. The average Bonchev–Trinajstić information content (AvgIpc) is 2.16. The highest BCUT2D eigenvalue weighted by Crippen LogP contribution is 1.81. The predicted octanol–water partition coefficient (Wildman–Crippen LogP) is 0.154. The van der Waals surface area contributed by atoms with Gasteiger partial charge in [0.25, 0.3) is 0 Å². The smallest absolute Gasteiger partial charge is 0.435 e. The summed E-state index contributed by atoms with van der Waals surface area (Å²) in [5.41, 5.74) is 0. The van der Waals surface area contributed by atoms with Crippen LogP contribution in [0.15, 0.2) is 0 Å². The molecule has 0 rings (SSSR count). The Kier molecular flexibility index (Phi) is 15.5. The van der Waals surface area contributed by atoms with E-state index < -0.39 is 6.16 Å². The third-order valence-corrected chi connectivity index (χ3v) is 0.807. The Hall–Kier alpha value is -1.25. The van der Waals surface area contributed by atoms with Crippen molar-refractivity contribution in [1.29, 1.82) is 0 Å². The zero-order valence-corrected chi connectivity index (χ0v) is 8.45. The van der Waals surface area contributed by atoms with E-state index in [1.54, 1.807) is 13.8 Å². The van der Waals surface area contributed by atoms with Crippen LogP contribution in [0.3, 0.4) is 0 Å². The quantitative estimate of drug-likeness (QED) is 0.494. The van der Waals surface area contributed by atoms with Crippen molar-refractivity contribution in [3.63, 3.8) is 0 Å². The van der Waals surface area contributed by atoms with Crippen LogP contribution in [-0.4, -0.2) is 42.8 Å². The fourth-order valence-corrected chi connectivity index (χ4v) is 0.389. The summed E-state index contributed by atoms with van der Waals surface area (Å²) in [6.07, 6.45) is -0.588. The van der Waals surface area contributed by atoms with Gasteiger partial charge >= 0.3 is 6.16 Å². The van der Waals surface area contributed by atoms with Crippen LogP contribution in [0.5, 0.6) is 0 Å². The van der Waals surface area contributed by atoms with E-state index in [1.807, 2.05) is 0 Å². The Morgan fingerprint density at radius 3 is 1.64 bits per heavy atom. The van der Waals surface area contributed by atoms with Gasteiger partial charge in [-0.3, -0.25) is 0 Å². The summed E-state index contributed by atoms with van der Waals surface area (Å²) in [6, 6.07) is 0. The van der Waals surface area contributed by atoms with Gasteiger partial charge in [-0.2, -0.15) is 0 Å². The molecule has 0 saturated heterocycles. The minimum Gasteiger partial charge on any atom is -0.435 e. The number of carbonyl (C=O) groups excluding carboxylic acids is 1. The fourth-order valence-electron chi connectivity index (χ4n) is 0.389. The van der Waals surface area contributed by atoms with Crippen molar-refractivity contribution >= 4 is 6.16 Å². The Bertz CT molecular complexity index is 163. The van der Waals surface area contributed by atoms with Gasteiger partial charge < -0.3 is 19.7 Å². The Labute approximate surface area is 83.6 Å². The summed E-state index contributed by atoms with van der Waals surface area (Å²) in [5.74, 6) is 4.51. The van der Waals surface area contributed by atoms with Crippen LogP contribution < -0.4 is 0 Å². The van der Waals surface area contributed by atoms with Gasteiger partial charge in [-0.05, 0) is 13.8 Å². The van der Waals surface area contributed by atoms with Crippen molar-refractivity contribution in [2.75, 3.05) is 26.4 Å². The molecule has 5 heteroatoms. The summed E-state index contributed by atoms with van der Waals surface area (Å²) >= 11 is 0. The first-order chi connectivity index (χ1) is 6.72. The van der Waals surface area contributed by atoms with Gasteiger partial charge in [0.2, 0.25) is 0 Å². The van der Waals surface area contributed by atoms with Crippen molar-refractivity contribution in [3.8, 4) is 11.8 Å². The molecule has 0 spiro atoms. The maximum absolute atomic E-state index is 10.2. The minimum absolute atomic E-state index is 0.166. The molecule has 0 radical (unpaired) electrons. The Morgan fingerprint density at radius 2 is 1.43 bits per heavy atom. The van der Waals surface area contributed by atoms with Crippen molar-refractivity contribution < 1.29 is 24.5 Å². The van der Waals surface area contributed by atoms with Crippen molar-refractivity contribution in [2.24, 2.45) is 0 Å². The lowest BCUT2D eigenvalue weighted by Gasteiger charge is -1.98. The molecular formula is C9H16O5. The SMILES string of the molecule is CCOC(=O)OCC.OCC#CCO. The average molecular weight is 204 g/mol. The van der Waals surface area contributed by atoms with E-state index in [2.05, 4.69) is 21.3 Å². The predicted molar refractivity (Wildman–Crippen MR) is 50.6 cm³/mol. The second-order valence-corrected chi connectivity index (χ2v) is 1.79. The van der Waals surface area contributed by atoms with E-state index in [0.717, 1.165) is 0 Å². The van der Waals surface area contributed by atoms with Gasteiger partial charge in [-0.1, -0.05) is 11.8 Å². The number of aliphatic hydroxyl groups is 2.